The van der Waals surface area contributed by atoms with Crippen LogP contribution in [0.3, 0.4) is 0 Å². The van der Waals surface area contributed by atoms with Crippen molar-refractivity contribution in [2.24, 2.45) is 0 Å². The number of anilines is 1. The summed E-state index contributed by atoms with van der Waals surface area (Å²) in [6.07, 6.45) is 1.02. The van der Waals surface area contributed by atoms with Gasteiger partial charge in [-0.25, -0.2) is 17.8 Å². The van der Waals surface area contributed by atoms with Gasteiger partial charge in [-0.3, -0.25) is 4.79 Å². The molecule has 0 atom stereocenters. The van der Waals surface area contributed by atoms with E-state index in [2.05, 4.69) is 10.3 Å². The highest BCUT2D eigenvalue weighted by molar-refractivity contribution is 7.88. The van der Waals surface area contributed by atoms with Crippen LogP contribution in [0.2, 0.25) is 0 Å². The fourth-order valence-electron chi connectivity index (χ4n) is 1.56. The predicted octanol–water partition coefficient (Wildman–Crippen LogP) is 1.78. The SMILES string of the molecule is CN(CC(=O)Nc1nc(-c2ccc(F)cc2)cs1)S(C)(=O)=O. The average Bonchev–Trinajstić information content (AvgIpc) is 2.86. The normalized spacial score (nSPS) is 11.6. The number of hydrogen-bond donors (Lipinski definition) is 1. The lowest BCUT2D eigenvalue weighted by Crippen LogP contribution is -2.34. The molecule has 1 aromatic carbocycles. The van der Waals surface area contributed by atoms with E-state index in [1.165, 1.54) is 30.5 Å². The summed E-state index contributed by atoms with van der Waals surface area (Å²) in [5.74, 6) is -0.816. The smallest absolute Gasteiger partial charge is 0.241 e. The second-order valence-corrected chi connectivity index (χ2v) is 7.56. The number of rotatable bonds is 5. The van der Waals surface area contributed by atoms with Gasteiger partial charge < -0.3 is 5.32 Å². The summed E-state index contributed by atoms with van der Waals surface area (Å²) >= 11 is 1.21. The Morgan fingerprint density at radius 1 is 1.36 bits per heavy atom. The van der Waals surface area contributed by atoms with Crippen molar-refractivity contribution in [1.82, 2.24) is 9.29 Å². The van der Waals surface area contributed by atoms with E-state index in [0.29, 0.717) is 10.8 Å². The number of nitrogens with one attached hydrogen (secondary N) is 1. The van der Waals surface area contributed by atoms with Crippen LogP contribution in [0, 0.1) is 5.82 Å². The van der Waals surface area contributed by atoms with E-state index in [4.69, 9.17) is 0 Å². The van der Waals surface area contributed by atoms with Crippen LogP contribution in [-0.4, -0.2) is 43.5 Å². The largest absolute Gasteiger partial charge is 0.301 e. The lowest BCUT2D eigenvalue weighted by Gasteiger charge is -2.12. The minimum atomic E-state index is -3.41. The standard InChI is InChI=1S/C13H14FN3O3S2/c1-17(22(2,19)20)7-12(18)16-13-15-11(8-21-13)9-3-5-10(14)6-4-9/h3-6,8H,7H2,1-2H3,(H,15,16,18). The number of thiazole rings is 1. The Morgan fingerprint density at radius 3 is 2.59 bits per heavy atom. The summed E-state index contributed by atoms with van der Waals surface area (Å²) in [5.41, 5.74) is 1.34. The number of hydrogen-bond acceptors (Lipinski definition) is 5. The van der Waals surface area contributed by atoms with Gasteiger partial charge >= 0.3 is 0 Å². The van der Waals surface area contributed by atoms with Crippen molar-refractivity contribution < 1.29 is 17.6 Å². The Balaban J connectivity index is 2.03. The van der Waals surface area contributed by atoms with Gasteiger partial charge in [-0.05, 0) is 24.3 Å². The van der Waals surface area contributed by atoms with Gasteiger partial charge in [-0.15, -0.1) is 11.3 Å². The van der Waals surface area contributed by atoms with Gasteiger partial charge in [0.15, 0.2) is 5.13 Å². The molecule has 1 heterocycles. The Kier molecular flexibility index (Phi) is 4.89. The van der Waals surface area contributed by atoms with E-state index in [0.717, 1.165) is 16.1 Å². The molecule has 2 aromatic rings. The van der Waals surface area contributed by atoms with Gasteiger partial charge in [0.25, 0.3) is 0 Å². The number of benzene rings is 1. The number of likely N-dealkylation sites (N-methyl/N-ethyl adjacent to an activating group) is 1. The molecule has 0 bridgehead atoms. The van der Waals surface area contributed by atoms with Crippen LogP contribution in [-0.2, 0) is 14.8 Å². The molecule has 22 heavy (non-hydrogen) atoms. The molecule has 0 aliphatic heterocycles. The van der Waals surface area contributed by atoms with Crippen molar-refractivity contribution in [2.75, 3.05) is 25.2 Å². The van der Waals surface area contributed by atoms with Gasteiger partial charge in [0.2, 0.25) is 15.9 Å². The number of aromatic nitrogens is 1. The topological polar surface area (TPSA) is 79.4 Å². The van der Waals surface area contributed by atoms with Gasteiger partial charge in [-0.1, -0.05) is 0 Å². The number of carbonyl (C=O) groups excluding carboxylic acids is 1. The van der Waals surface area contributed by atoms with E-state index < -0.39 is 15.9 Å². The lowest BCUT2D eigenvalue weighted by molar-refractivity contribution is -0.116. The van der Waals surface area contributed by atoms with Crippen molar-refractivity contribution in [1.29, 1.82) is 0 Å². The molecule has 0 saturated carbocycles. The molecular formula is C13H14FN3O3S2. The first-order chi connectivity index (χ1) is 10.3. The highest BCUT2D eigenvalue weighted by Crippen LogP contribution is 2.24. The minimum Gasteiger partial charge on any atom is -0.301 e. The first-order valence-corrected chi connectivity index (χ1v) is 8.91. The summed E-state index contributed by atoms with van der Waals surface area (Å²) in [6, 6.07) is 5.84. The molecule has 2 rings (SSSR count). The summed E-state index contributed by atoms with van der Waals surface area (Å²) in [6.45, 7) is -0.287. The first kappa shape index (κ1) is 16.5. The Morgan fingerprint density at radius 2 is 2.00 bits per heavy atom. The number of carbonyl (C=O) groups is 1. The summed E-state index contributed by atoms with van der Waals surface area (Å²) < 4.78 is 36.3. The summed E-state index contributed by atoms with van der Waals surface area (Å²) in [5, 5.41) is 4.61. The fraction of sp³-hybridized carbons (Fsp3) is 0.231. The Labute approximate surface area is 131 Å². The molecule has 0 aliphatic rings. The Bertz CT molecular complexity index is 772. The van der Waals surface area contributed by atoms with Crippen molar-refractivity contribution in [3.8, 4) is 11.3 Å². The second kappa shape index (κ2) is 6.51. The zero-order chi connectivity index (χ0) is 16.3. The first-order valence-electron chi connectivity index (χ1n) is 6.18. The van der Waals surface area contributed by atoms with Crippen LogP contribution in [0.4, 0.5) is 9.52 Å². The van der Waals surface area contributed by atoms with Crippen LogP contribution in [0.25, 0.3) is 11.3 Å². The maximum atomic E-state index is 12.9. The van der Waals surface area contributed by atoms with Crippen molar-refractivity contribution in [3.63, 3.8) is 0 Å². The quantitative estimate of drug-likeness (QED) is 0.897. The number of amides is 1. The molecule has 6 nitrogen and oxygen atoms in total. The third-order valence-corrected chi connectivity index (χ3v) is 4.84. The van der Waals surface area contributed by atoms with Crippen LogP contribution in [0.15, 0.2) is 29.6 Å². The molecular weight excluding hydrogens is 329 g/mol. The maximum Gasteiger partial charge on any atom is 0.241 e. The number of nitrogens with zero attached hydrogens (tertiary/aromatic N) is 2. The molecule has 0 saturated heterocycles. The number of halogens is 1. The van der Waals surface area contributed by atoms with Crippen molar-refractivity contribution in [2.45, 2.75) is 0 Å². The molecule has 0 unspecified atom stereocenters. The van der Waals surface area contributed by atoms with Gasteiger partial charge in [0.1, 0.15) is 5.82 Å². The zero-order valence-corrected chi connectivity index (χ0v) is 13.5. The predicted molar refractivity (Wildman–Crippen MR) is 83.6 cm³/mol. The molecule has 0 spiro atoms. The Hall–Kier alpha value is -1.84. The molecule has 9 heteroatoms. The zero-order valence-electron chi connectivity index (χ0n) is 11.9. The third-order valence-electron chi connectivity index (χ3n) is 2.82. The summed E-state index contributed by atoms with van der Waals surface area (Å²) in [7, 11) is -2.09. The van der Waals surface area contributed by atoms with E-state index in [1.54, 1.807) is 17.5 Å². The highest BCUT2D eigenvalue weighted by Gasteiger charge is 2.16. The molecule has 0 radical (unpaired) electrons. The fourth-order valence-corrected chi connectivity index (χ4v) is 2.65. The van der Waals surface area contributed by atoms with Gasteiger partial charge in [0, 0.05) is 18.0 Å². The van der Waals surface area contributed by atoms with E-state index in [9.17, 15) is 17.6 Å². The summed E-state index contributed by atoms with van der Waals surface area (Å²) in [4.78, 5) is 16.0. The van der Waals surface area contributed by atoms with Gasteiger partial charge in [-0.2, -0.15) is 4.31 Å². The molecule has 118 valence electrons. The molecule has 0 aliphatic carbocycles. The molecule has 1 amide bonds. The van der Waals surface area contributed by atoms with E-state index >= 15 is 0 Å². The van der Waals surface area contributed by atoms with E-state index in [1.807, 2.05) is 0 Å². The van der Waals surface area contributed by atoms with Crippen molar-refractivity contribution in [3.05, 3.63) is 35.5 Å². The third kappa shape index (κ3) is 4.33. The monoisotopic (exact) mass is 343 g/mol. The lowest BCUT2D eigenvalue weighted by atomic mass is 10.2. The van der Waals surface area contributed by atoms with Crippen molar-refractivity contribution >= 4 is 32.4 Å². The minimum absolute atomic E-state index is 0.287. The van der Waals surface area contributed by atoms with Crippen LogP contribution in [0.5, 0.6) is 0 Å². The molecule has 1 aromatic heterocycles. The molecule has 1 N–H and O–H groups in total. The van der Waals surface area contributed by atoms with Crippen LogP contribution < -0.4 is 5.32 Å². The molecule has 0 fully saturated rings. The average molecular weight is 343 g/mol. The maximum absolute atomic E-state index is 12.9. The second-order valence-electron chi connectivity index (χ2n) is 4.61. The van der Waals surface area contributed by atoms with Gasteiger partial charge in [0.05, 0.1) is 18.5 Å². The highest BCUT2D eigenvalue weighted by atomic mass is 32.2. The van der Waals surface area contributed by atoms with Crippen LogP contribution >= 0.6 is 11.3 Å². The van der Waals surface area contributed by atoms with E-state index in [-0.39, 0.29) is 12.4 Å². The van der Waals surface area contributed by atoms with Crippen LogP contribution in [0.1, 0.15) is 0 Å². The number of sulfonamides is 1.